The SMILES string of the molecule is CC(N)=NCC(CC(F)(F)F)SC[C@](C)(N)C(=O)O.Cl.Cl. The van der Waals surface area contributed by atoms with Gasteiger partial charge in [0.05, 0.1) is 18.8 Å². The van der Waals surface area contributed by atoms with E-state index in [1.807, 2.05) is 0 Å². The van der Waals surface area contributed by atoms with Gasteiger partial charge in [-0.1, -0.05) is 0 Å². The number of carboxylic acid groups (broad SMARTS) is 1. The van der Waals surface area contributed by atoms with Crippen LogP contribution in [0.15, 0.2) is 4.99 Å². The Bertz CT molecular complexity index is 351. The van der Waals surface area contributed by atoms with Crippen LogP contribution in [0.2, 0.25) is 0 Å². The van der Waals surface area contributed by atoms with Crippen molar-refractivity contribution in [1.29, 1.82) is 0 Å². The van der Waals surface area contributed by atoms with Gasteiger partial charge >= 0.3 is 12.1 Å². The Hall–Kier alpha value is -0.380. The molecule has 0 radical (unpaired) electrons. The largest absolute Gasteiger partial charge is 0.480 e. The van der Waals surface area contributed by atoms with E-state index in [2.05, 4.69) is 4.99 Å². The van der Waals surface area contributed by atoms with E-state index in [4.69, 9.17) is 16.6 Å². The van der Waals surface area contributed by atoms with Crippen LogP contribution in [0.5, 0.6) is 0 Å². The number of alkyl halides is 3. The summed E-state index contributed by atoms with van der Waals surface area (Å²) >= 11 is 0.837. The highest BCUT2D eigenvalue weighted by atomic mass is 35.5. The third kappa shape index (κ3) is 13.0. The number of rotatable bonds is 7. The molecule has 11 heteroatoms. The normalized spacial score (nSPS) is 16.2. The fourth-order valence-corrected chi connectivity index (χ4v) is 2.23. The second-order valence-electron chi connectivity index (χ2n) is 4.46. The Labute approximate surface area is 137 Å². The number of aliphatic carboxylic acids is 1. The molecule has 0 amide bonds. The Balaban J connectivity index is -0.00000162. The number of carboxylic acids is 1. The summed E-state index contributed by atoms with van der Waals surface area (Å²) in [5.74, 6) is -1.21. The molecule has 1 unspecified atom stereocenters. The lowest BCUT2D eigenvalue weighted by Crippen LogP contribution is -2.47. The van der Waals surface area contributed by atoms with Gasteiger partial charge in [0, 0.05) is 11.0 Å². The first-order valence-electron chi connectivity index (χ1n) is 5.41. The molecule has 0 aliphatic heterocycles. The van der Waals surface area contributed by atoms with Crippen LogP contribution >= 0.6 is 36.6 Å². The van der Waals surface area contributed by atoms with Crippen molar-refractivity contribution in [3.63, 3.8) is 0 Å². The van der Waals surface area contributed by atoms with Gasteiger partial charge in [0.15, 0.2) is 0 Å². The average molecular weight is 374 g/mol. The lowest BCUT2D eigenvalue weighted by molar-refractivity contribution is -0.141. The van der Waals surface area contributed by atoms with E-state index in [1.165, 1.54) is 13.8 Å². The van der Waals surface area contributed by atoms with E-state index in [-0.39, 0.29) is 42.9 Å². The number of carbonyl (C=O) groups is 1. The molecule has 0 aromatic rings. The number of halogens is 5. The van der Waals surface area contributed by atoms with Crippen molar-refractivity contribution in [2.24, 2.45) is 16.5 Å². The van der Waals surface area contributed by atoms with Crippen molar-refractivity contribution in [1.82, 2.24) is 0 Å². The predicted molar refractivity (Wildman–Crippen MR) is 83.8 cm³/mol. The monoisotopic (exact) mass is 373 g/mol. The fourth-order valence-electron chi connectivity index (χ4n) is 1.03. The molecule has 0 spiro atoms. The Morgan fingerprint density at radius 1 is 1.38 bits per heavy atom. The predicted octanol–water partition coefficient (Wildman–Crippen LogP) is 2.06. The van der Waals surface area contributed by atoms with Gasteiger partial charge in [-0.05, 0) is 13.8 Å². The molecule has 5 nitrogen and oxygen atoms in total. The second kappa shape index (κ2) is 10.4. The minimum absolute atomic E-state index is 0. The molecule has 0 aliphatic rings. The van der Waals surface area contributed by atoms with Crippen molar-refractivity contribution < 1.29 is 23.1 Å². The molecule has 0 fully saturated rings. The van der Waals surface area contributed by atoms with Gasteiger partial charge in [-0.25, -0.2) is 0 Å². The van der Waals surface area contributed by atoms with Crippen LogP contribution in [-0.4, -0.2) is 46.2 Å². The van der Waals surface area contributed by atoms with E-state index >= 15 is 0 Å². The number of hydrogen-bond donors (Lipinski definition) is 3. The zero-order valence-electron chi connectivity index (χ0n) is 11.5. The summed E-state index contributed by atoms with van der Waals surface area (Å²) in [6.45, 7) is 2.60. The molecule has 0 saturated heterocycles. The minimum Gasteiger partial charge on any atom is -0.480 e. The molecule has 2 atom stereocenters. The third-order valence-electron chi connectivity index (χ3n) is 2.11. The maximum atomic E-state index is 12.4. The van der Waals surface area contributed by atoms with Gasteiger partial charge in [-0.2, -0.15) is 24.9 Å². The van der Waals surface area contributed by atoms with Gasteiger partial charge in [0.2, 0.25) is 0 Å². The van der Waals surface area contributed by atoms with Gasteiger partial charge < -0.3 is 16.6 Å². The maximum absolute atomic E-state index is 12.4. The Morgan fingerprint density at radius 2 is 1.86 bits per heavy atom. The van der Waals surface area contributed by atoms with Crippen molar-refractivity contribution in [3.8, 4) is 0 Å². The van der Waals surface area contributed by atoms with E-state index in [9.17, 15) is 18.0 Å². The van der Waals surface area contributed by atoms with Crippen molar-refractivity contribution >= 4 is 48.4 Å². The lowest BCUT2D eigenvalue weighted by atomic mass is 10.1. The molecule has 0 bridgehead atoms. The third-order valence-corrected chi connectivity index (χ3v) is 3.66. The van der Waals surface area contributed by atoms with Crippen LogP contribution in [0.4, 0.5) is 13.2 Å². The zero-order chi connectivity index (χ0) is 15.3. The van der Waals surface area contributed by atoms with Crippen molar-refractivity contribution in [2.75, 3.05) is 12.3 Å². The number of hydrogen-bond acceptors (Lipinski definition) is 4. The smallest absolute Gasteiger partial charge is 0.390 e. The van der Waals surface area contributed by atoms with Gasteiger partial charge in [-0.3, -0.25) is 9.79 Å². The molecule has 128 valence electrons. The Kier molecular flexibility index (Phi) is 12.6. The quantitative estimate of drug-likeness (QED) is 0.468. The van der Waals surface area contributed by atoms with Crippen molar-refractivity contribution in [2.45, 2.75) is 37.2 Å². The van der Waals surface area contributed by atoms with Gasteiger partial charge in [-0.15, -0.1) is 24.8 Å². The molecule has 0 aromatic heterocycles. The molecular weight excluding hydrogens is 354 g/mol. The summed E-state index contributed by atoms with van der Waals surface area (Å²) in [5.41, 5.74) is 9.17. The lowest BCUT2D eigenvalue weighted by Gasteiger charge is -2.23. The van der Waals surface area contributed by atoms with Crippen LogP contribution < -0.4 is 11.5 Å². The van der Waals surface area contributed by atoms with Crippen LogP contribution in [0.3, 0.4) is 0 Å². The topological polar surface area (TPSA) is 102 Å². The number of thioether (sulfide) groups is 1. The van der Waals surface area contributed by atoms with Crippen LogP contribution in [-0.2, 0) is 4.79 Å². The molecule has 0 aliphatic carbocycles. The summed E-state index contributed by atoms with van der Waals surface area (Å²) in [5, 5.41) is 7.89. The highest BCUT2D eigenvalue weighted by molar-refractivity contribution is 8.00. The van der Waals surface area contributed by atoms with E-state index in [0.29, 0.717) is 0 Å². The highest BCUT2D eigenvalue weighted by Crippen LogP contribution is 2.29. The first-order chi connectivity index (χ1) is 8.44. The molecule has 21 heavy (non-hydrogen) atoms. The molecule has 5 N–H and O–H groups in total. The summed E-state index contributed by atoms with van der Waals surface area (Å²) < 4.78 is 37.1. The number of amidine groups is 1. The first kappa shape index (κ1) is 25.6. The highest BCUT2D eigenvalue weighted by Gasteiger charge is 2.35. The number of nitrogens with zero attached hydrogens (tertiary/aromatic N) is 1. The average Bonchev–Trinajstić information content (AvgIpc) is 2.20. The maximum Gasteiger partial charge on any atom is 0.390 e. The van der Waals surface area contributed by atoms with Gasteiger partial charge in [0.1, 0.15) is 5.54 Å². The Morgan fingerprint density at radius 3 is 2.19 bits per heavy atom. The zero-order valence-corrected chi connectivity index (χ0v) is 14.0. The van der Waals surface area contributed by atoms with E-state index in [1.54, 1.807) is 0 Å². The van der Waals surface area contributed by atoms with Crippen LogP contribution in [0.1, 0.15) is 20.3 Å². The minimum atomic E-state index is -4.34. The number of aliphatic imine (C=N–C) groups is 1. The first-order valence-corrected chi connectivity index (χ1v) is 6.46. The van der Waals surface area contributed by atoms with Gasteiger partial charge in [0.25, 0.3) is 0 Å². The molecule has 0 saturated carbocycles. The molecular formula is C10H20Cl2F3N3O2S. The van der Waals surface area contributed by atoms with Crippen molar-refractivity contribution in [3.05, 3.63) is 0 Å². The van der Waals surface area contributed by atoms with Crippen LogP contribution in [0.25, 0.3) is 0 Å². The standard InChI is InChI=1S/C10H18F3N3O2S.2ClH/c1-6(14)16-4-7(3-10(11,12)13)19-5-9(2,15)8(17)18;;/h7H,3-5,15H2,1-2H3,(H2,14,16)(H,17,18);2*1H/t7?,9-;;/m0../s1. The van der Waals surface area contributed by atoms with E-state index < -0.39 is 29.4 Å². The summed E-state index contributed by atoms with van der Waals surface area (Å²) in [7, 11) is 0. The molecule has 0 rings (SSSR count). The summed E-state index contributed by atoms with van der Waals surface area (Å²) in [4.78, 5) is 14.5. The molecule has 0 heterocycles. The summed E-state index contributed by atoms with van der Waals surface area (Å²) in [6.07, 6.45) is -5.41. The number of nitrogens with two attached hydrogens (primary N) is 2. The molecule has 0 aromatic carbocycles. The summed E-state index contributed by atoms with van der Waals surface area (Å²) in [6, 6.07) is 0. The second-order valence-corrected chi connectivity index (χ2v) is 5.75. The fraction of sp³-hybridized carbons (Fsp3) is 0.800. The van der Waals surface area contributed by atoms with E-state index in [0.717, 1.165) is 11.8 Å². The van der Waals surface area contributed by atoms with Crippen LogP contribution in [0, 0.1) is 0 Å².